The zero-order valence-corrected chi connectivity index (χ0v) is 11.3. The van der Waals surface area contributed by atoms with Crippen molar-refractivity contribution in [3.63, 3.8) is 0 Å². The highest BCUT2D eigenvalue weighted by Crippen LogP contribution is 2.31. The molecule has 1 unspecified atom stereocenters. The highest BCUT2D eigenvalue weighted by Gasteiger charge is 2.32. The van der Waals surface area contributed by atoms with Crippen molar-refractivity contribution in [2.45, 2.75) is 12.0 Å². The van der Waals surface area contributed by atoms with Gasteiger partial charge in [-0.2, -0.15) is 0 Å². The van der Waals surface area contributed by atoms with Crippen LogP contribution in [0.5, 0.6) is 0 Å². The summed E-state index contributed by atoms with van der Waals surface area (Å²) in [6.07, 6.45) is 3.64. The molecule has 0 saturated carbocycles. The van der Waals surface area contributed by atoms with E-state index < -0.39 is 10.5 Å². The average Bonchev–Trinajstić information content (AvgIpc) is 2.91. The minimum atomic E-state index is -0.888. The molecule has 2 N–H and O–H groups in total. The number of nitrogens with zero attached hydrogens (tertiary/aromatic N) is 2. The monoisotopic (exact) mass is 289 g/mol. The zero-order chi connectivity index (χ0) is 14.9. The number of non-ortho nitro benzene ring substituents is 1. The molecular weight excluding hydrogens is 274 g/mol. The fraction of sp³-hybridized carbons (Fsp3) is 0.357. The fourth-order valence-electron chi connectivity index (χ4n) is 2.48. The van der Waals surface area contributed by atoms with Gasteiger partial charge in [-0.25, -0.2) is 0 Å². The molecule has 1 atom stereocenters. The molecule has 1 aromatic carbocycles. The Balaban J connectivity index is 1.92. The lowest BCUT2D eigenvalue weighted by molar-refractivity contribution is -0.383. The summed E-state index contributed by atoms with van der Waals surface area (Å²) >= 11 is 0. The van der Waals surface area contributed by atoms with Crippen molar-refractivity contribution < 1.29 is 14.8 Å². The van der Waals surface area contributed by atoms with Crippen LogP contribution >= 0.6 is 0 Å². The zero-order valence-electron chi connectivity index (χ0n) is 11.3. The molecule has 1 aliphatic heterocycles. The molecule has 2 heterocycles. The van der Waals surface area contributed by atoms with E-state index in [1.807, 2.05) is 0 Å². The first-order valence-electron chi connectivity index (χ1n) is 6.64. The number of nitro groups is 1. The number of benzene rings is 1. The van der Waals surface area contributed by atoms with Crippen molar-refractivity contribution in [2.75, 3.05) is 25.1 Å². The van der Waals surface area contributed by atoms with Gasteiger partial charge in [-0.05, 0) is 12.1 Å². The number of hydrogen-bond donors (Lipinski definition) is 2. The van der Waals surface area contributed by atoms with E-state index in [1.54, 1.807) is 18.3 Å². The van der Waals surface area contributed by atoms with E-state index in [1.165, 1.54) is 12.3 Å². The van der Waals surface area contributed by atoms with E-state index >= 15 is 0 Å². The summed E-state index contributed by atoms with van der Waals surface area (Å²) in [6.45, 7) is 1.18. The lowest BCUT2D eigenvalue weighted by Crippen LogP contribution is -2.37. The molecule has 0 spiro atoms. The van der Waals surface area contributed by atoms with E-state index in [4.69, 9.17) is 4.74 Å². The second-order valence-corrected chi connectivity index (χ2v) is 5.19. The van der Waals surface area contributed by atoms with Gasteiger partial charge in [0, 0.05) is 49.1 Å². The van der Waals surface area contributed by atoms with Gasteiger partial charge in [0.15, 0.2) is 0 Å². The number of nitro benzene ring substituents is 1. The molecule has 0 amide bonds. The molecule has 110 valence electrons. The van der Waals surface area contributed by atoms with Gasteiger partial charge in [0.1, 0.15) is 5.60 Å². The van der Waals surface area contributed by atoms with Crippen molar-refractivity contribution in [1.29, 1.82) is 0 Å². The number of hydrogen-bond acceptors (Lipinski definition) is 6. The third kappa shape index (κ3) is 2.65. The number of aliphatic hydroxyl groups is 1. The Kier molecular flexibility index (Phi) is 3.44. The first-order chi connectivity index (χ1) is 10.1. The van der Waals surface area contributed by atoms with Gasteiger partial charge in [0.05, 0.1) is 16.9 Å². The van der Waals surface area contributed by atoms with Crippen LogP contribution in [-0.4, -0.2) is 40.4 Å². The van der Waals surface area contributed by atoms with Crippen molar-refractivity contribution in [2.24, 2.45) is 0 Å². The van der Waals surface area contributed by atoms with Gasteiger partial charge < -0.3 is 15.2 Å². The smallest absolute Gasteiger partial charge is 0.278 e. The van der Waals surface area contributed by atoms with Crippen LogP contribution in [-0.2, 0) is 4.74 Å². The fourth-order valence-corrected chi connectivity index (χ4v) is 2.48. The maximum Gasteiger partial charge on any atom is 0.278 e. The summed E-state index contributed by atoms with van der Waals surface area (Å²) in [7, 11) is 0. The van der Waals surface area contributed by atoms with E-state index in [0.29, 0.717) is 37.0 Å². The normalized spacial score (nSPS) is 21.6. The van der Waals surface area contributed by atoms with Crippen LogP contribution in [0.3, 0.4) is 0 Å². The molecule has 21 heavy (non-hydrogen) atoms. The van der Waals surface area contributed by atoms with Gasteiger partial charge in [-0.1, -0.05) is 0 Å². The molecule has 0 aliphatic carbocycles. The van der Waals surface area contributed by atoms with Gasteiger partial charge in [0.2, 0.25) is 0 Å². The standard InChI is InChI=1S/C14H15N3O4/c18-14(4-6-21-9-14)8-16-12-1-2-13(17(19)20)11-7-15-5-3-10(11)12/h1-3,5,7,16,18H,4,6,8-9H2. The van der Waals surface area contributed by atoms with Crippen LogP contribution < -0.4 is 5.32 Å². The highest BCUT2D eigenvalue weighted by molar-refractivity contribution is 5.99. The predicted octanol–water partition coefficient (Wildman–Crippen LogP) is 1.71. The molecule has 3 rings (SSSR count). The topological polar surface area (TPSA) is 97.5 Å². The van der Waals surface area contributed by atoms with Gasteiger partial charge >= 0.3 is 0 Å². The average molecular weight is 289 g/mol. The lowest BCUT2D eigenvalue weighted by atomic mass is 10.0. The van der Waals surface area contributed by atoms with Crippen LogP contribution in [0, 0.1) is 10.1 Å². The number of anilines is 1. The molecule has 1 fully saturated rings. The minimum Gasteiger partial charge on any atom is -0.386 e. The molecule has 0 bridgehead atoms. The molecule has 1 saturated heterocycles. The number of ether oxygens (including phenoxy) is 1. The van der Waals surface area contributed by atoms with Crippen molar-refractivity contribution in [3.05, 3.63) is 40.7 Å². The summed E-state index contributed by atoms with van der Waals surface area (Å²) in [4.78, 5) is 14.6. The third-order valence-corrected chi connectivity index (χ3v) is 3.68. The Morgan fingerprint density at radius 1 is 1.43 bits per heavy atom. The molecule has 1 aromatic heterocycles. The molecule has 0 radical (unpaired) electrons. The Bertz CT molecular complexity index is 683. The number of fused-ring (bicyclic) bond motifs is 1. The number of rotatable bonds is 4. The van der Waals surface area contributed by atoms with Crippen LogP contribution in [0.15, 0.2) is 30.6 Å². The summed E-state index contributed by atoms with van der Waals surface area (Å²) in [5, 5.41) is 25.6. The Morgan fingerprint density at radius 2 is 2.29 bits per heavy atom. The van der Waals surface area contributed by atoms with E-state index in [0.717, 1.165) is 5.69 Å². The Hall–Kier alpha value is -2.25. The second-order valence-electron chi connectivity index (χ2n) is 5.19. The summed E-state index contributed by atoms with van der Waals surface area (Å²) in [6, 6.07) is 4.82. The van der Waals surface area contributed by atoms with E-state index in [-0.39, 0.29) is 5.69 Å². The molecule has 7 heteroatoms. The van der Waals surface area contributed by atoms with Crippen molar-refractivity contribution in [1.82, 2.24) is 4.98 Å². The van der Waals surface area contributed by atoms with Crippen LogP contribution in [0.25, 0.3) is 10.8 Å². The predicted molar refractivity (Wildman–Crippen MR) is 77.3 cm³/mol. The van der Waals surface area contributed by atoms with Gasteiger partial charge in [-0.15, -0.1) is 0 Å². The van der Waals surface area contributed by atoms with Crippen LogP contribution in [0.2, 0.25) is 0 Å². The quantitative estimate of drug-likeness (QED) is 0.657. The minimum absolute atomic E-state index is 0.0200. The van der Waals surface area contributed by atoms with Crippen molar-refractivity contribution in [3.8, 4) is 0 Å². The largest absolute Gasteiger partial charge is 0.386 e. The van der Waals surface area contributed by atoms with Gasteiger partial charge in [-0.3, -0.25) is 15.1 Å². The third-order valence-electron chi connectivity index (χ3n) is 3.68. The molecule has 1 aliphatic rings. The first-order valence-corrected chi connectivity index (χ1v) is 6.64. The van der Waals surface area contributed by atoms with Crippen LogP contribution in [0.4, 0.5) is 11.4 Å². The summed E-state index contributed by atoms with van der Waals surface area (Å²) in [5.74, 6) is 0. The first kappa shape index (κ1) is 13.7. The molecule has 7 nitrogen and oxygen atoms in total. The van der Waals surface area contributed by atoms with E-state index in [2.05, 4.69) is 10.3 Å². The summed E-state index contributed by atoms with van der Waals surface area (Å²) in [5.41, 5.74) is -0.133. The SMILES string of the molecule is O=[N+]([O-])c1ccc(NCC2(O)CCOC2)c2ccncc12. The maximum atomic E-state index is 11.0. The second kappa shape index (κ2) is 5.27. The Morgan fingerprint density at radius 3 is 3.00 bits per heavy atom. The molecular formula is C14H15N3O4. The lowest BCUT2D eigenvalue weighted by Gasteiger charge is -2.22. The van der Waals surface area contributed by atoms with E-state index in [9.17, 15) is 15.2 Å². The number of aromatic nitrogens is 1. The number of pyridine rings is 1. The number of nitrogens with one attached hydrogen (secondary N) is 1. The molecule has 2 aromatic rings. The summed E-state index contributed by atoms with van der Waals surface area (Å²) < 4.78 is 5.20. The highest BCUT2D eigenvalue weighted by atomic mass is 16.6. The Labute approximate surface area is 120 Å². The van der Waals surface area contributed by atoms with Gasteiger partial charge in [0.25, 0.3) is 5.69 Å². The van der Waals surface area contributed by atoms with Crippen LogP contribution in [0.1, 0.15) is 6.42 Å². The van der Waals surface area contributed by atoms with Crippen molar-refractivity contribution >= 4 is 22.1 Å². The maximum absolute atomic E-state index is 11.0.